The fourth-order valence-electron chi connectivity index (χ4n) is 2.56. The van der Waals surface area contributed by atoms with Gasteiger partial charge in [-0.1, -0.05) is 23.7 Å². The van der Waals surface area contributed by atoms with Crippen LogP contribution in [0.4, 0.5) is 5.69 Å². The monoisotopic (exact) mass is 345 g/mol. The number of nitrogens with one attached hydrogen (secondary N) is 1. The number of pyridine rings is 1. The van der Waals surface area contributed by atoms with Crippen molar-refractivity contribution in [2.24, 2.45) is 0 Å². The molecular weight excluding hydrogens is 326 g/mol. The number of aromatic nitrogens is 1. The van der Waals surface area contributed by atoms with Crippen LogP contribution >= 0.6 is 11.6 Å². The number of halogens is 1. The zero-order chi connectivity index (χ0) is 16.8. The number of carbonyl (C=O) groups excluding carboxylic acids is 1. The summed E-state index contributed by atoms with van der Waals surface area (Å²) < 4.78 is 5.26. The van der Waals surface area contributed by atoms with Crippen molar-refractivity contribution in [3.63, 3.8) is 0 Å². The molecule has 126 valence electrons. The van der Waals surface area contributed by atoms with Crippen LogP contribution < -0.4 is 5.32 Å². The molecule has 0 unspecified atom stereocenters. The number of hydrogen-bond acceptors (Lipinski definition) is 4. The predicted octanol–water partition coefficient (Wildman–Crippen LogP) is 2.86. The first kappa shape index (κ1) is 16.7. The first-order chi connectivity index (χ1) is 11.7. The van der Waals surface area contributed by atoms with E-state index in [0.29, 0.717) is 32.0 Å². The van der Waals surface area contributed by atoms with Crippen molar-refractivity contribution in [1.82, 2.24) is 9.88 Å². The molecule has 2 heterocycles. The van der Waals surface area contributed by atoms with Gasteiger partial charge in [0.2, 0.25) is 0 Å². The maximum Gasteiger partial charge on any atom is 0.272 e. The van der Waals surface area contributed by atoms with Gasteiger partial charge in [0.15, 0.2) is 0 Å². The molecule has 24 heavy (non-hydrogen) atoms. The molecule has 1 amide bonds. The van der Waals surface area contributed by atoms with Crippen molar-refractivity contribution in [3.8, 4) is 0 Å². The van der Waals surface area contributed by atoms with Crippen molar-refractivity contribution < 1.29 is 9.53 Å². The minimum Gasteiger partial charge on any atom is -0.383 e. The molecule has 1 aliphatic heterocycles. The molecule has 1 aromatic carbocycles. The Morgan fingerprint density at radius 3 is 2.58 bits per heavy atom. The number of rotatable bonds is 5. The van der Waals surface area contributed by atoms with Gasteiger partial charge in [-0.2, -0.15) is 0 Å². The summed E-state index contributed by atoms with van der Waals surface area (Å²) >= 11 is 5.88. The van der Waals surface area contributed by atoms with Crippen molar-refractivity contribution in [2.45, 2.75) is 6.42 Å². The van der Waals surface area contributed by atoms with Crippen LogP contribution in [0, 0.1) is 0 Å². The number of amides is 1. The first-order valence-corrected chi connectivity index (χ1v) is 8.41. The Hall–Kier alpha value is -2.11. The van der Waals surface area contributed by atoms with Gasteiger partial charge in [0.05, 0.1) is 25.1 Å². The number of ether oxygens (including phenoxy) is 1. The second-order valence-electron chi connectivity index (χ2n) is 5.64. The minimum absolute atomic E-state index is 0.0361. The Kier molecular flexibility index (Phi) is 5.67. The van der Waals surface area contributed by atoms with Crippen molar-refractivity contribution in [3.05, 3.63) is 58.9 Å². The molecule has 0 radical (unpaired) electrons. The Bertz CT molecular complexity index is 668. The standard InChI is InChI=1S/C18H20ClN3O2/c19-15-3-1-14(2-4-15)7-8-20-16-5-6-17(21-13-16)18(23)22-9-11-24-12-10-22/h1-6,13,20H,7-12H2. The molecule has 0 aliphatic carbocycles. The average molecular weight is 346 g/mol. The lowest BCUT2D eigenvalue weighted by Gasteiger charge is -2.26. The second-order valence-corrected chi connectivity index (χ2v) is 6.08. The summed E-state index contributed by atoms with van der Waals surface area (Å²) in [5.74, 6) is -0.0361. The molecule has 2 aromatic rings. The number of anilines is 1. The topological polar surface area (TPSA) is 54.5 Å². The highest BCUT2D eigenvalue weighted by atomic mass is 35.5. The van der Waals surface area contributed by atoms with Gasteiger partial charge < -0.3 is 15.0 Å². The molecule has 1 aromatic heterocycles. The number of morpholine rings is 1. The van der Waals surface area contributed by atoms with E-state index in [-0.39, 0.29) is 5.91 Å². The molecule has 1 saturated heterocycles. The number of benzene rings is 1. The van der Waals surface area contributed by atoms with Crippen LogP contribution in [0.3, 0.4) is 0 Å². The fourth-order valence-corrected chi connectivity index (χ4v) is 2.68. The summed E-state index contributed by atoms with van der Waals surface area (Å²) in [6.45, 7) is 3.23. The Morgan fingerprint density at radius 1 is 1.17 bits per heavy atom. The smallest absolute Gasteiger partial charge is 0.272 e. The van der Waals surface area contributed by atoms with E-state index >= 15 is 0 Å². The largest absolute Gasteiger partial charge is 0.383 e. The van der Waals surface area contributed by atoms with Crippen LogP contribution in [0.2, 0.25) is 5.02 Å². The fraction of sp³-hybridized carbons (Fsp3) is 0.333. The molecule has 1 fully saturated rings. The predicted molar refractivity (Wildman–Crippen MR) is 94.6 cm³/mol. The first-order valence-electron chi connectivity index (χ1n) is 8.04. The van der Waals surface area contributed by atoms with E-state index < -0.39 is 0 Å². The van der Waals surface area contributed by atoms with Crippen molar-refractivity contribution >= 4 is 23.2 Å². The molecule has 0 saturated carbocycles. The third-order valence-electron chi connectivity index (χ3n) is 3.94. The van der Waals surface area contributed by atoms with Crippen LogP contribution in [0.15, 0.2) is 42.6 Å². The van der Waals surface area contributed by atoms with Crippen molar-refractivity contribution in [1.29, 1.82) is 0 Å². The van der Waals surface area contributed by atoms with Crippen LogP contribution in [0.1, 0.15) is 16.1 Å². The van der Waals surface area contributed by atoms with Gasteiger partial charge in [-0.25, -0.2) is 4.98 Å². The second kappa shape index (κ2) is 8.13. The van der Waals surface area contributed by atoms with Crippen LogP contribution in [0.5, 0.6) is 0 Å². The molecule has 5 nitrogen and oxygen atoms in total. The van der Waals surface area contributed by atoms with Gasteiger partial charge in [-0.15, -0.1) is 0 Å². The van der Waals surface area contributed by atoms with E-state index in [1.165, 1.54) is 5.56 Å². The Labute approximate surface area is 146 Å². The molecule has 0 bridgehead atoms. The molecular formula is C18H20ClN3O2. The third-order valence-corrected chi connectivity index (χ3v) is 4.19. The number of carbonyl (C=O) groups is 1. The summed E-state index contributed by atoms with van der Waals surface area (Å²) in [6, 6.07) is 11.5. The highest BCUT2D eigenvalue weighted by Crippen LogP contribution is 2.12. The minimum atomic E-state index is -0.0361. The molecule has 1 N–H and O–H groups in total. The van der Waals surface area contributed by atoms with Gasteiger partial charge in [0, 0.05) is 24.7 Å². The molecule has 0 spiro atoms. The maximum absolute atomic E-state index is 12.3. The zero-order valence-corrected chi connectivity index (χ0v) is 14.1. The average Bonchev–Trinajstić information content (AvgIpc) is 2.64. The highest BCUT2D eigenvalue weighted by Gasteiger charge is 2.19. The zero-order valence-electron chi connectivity index (χ0n) is 13.4. The maximum atomic E-state index is 12.3. The lowest BCUT2D eigenvalue weighted by molar-refractivity contribution is 0.0299. The SMILES string of the molecule is O=C(c1ccc(NCCc2ccc(Cl)cc2)cn1)N1CCOCC1. The van der Waals surface area contributed by atoms with E-state index in [4.69, 9.17) is 16.3 Å². The quantitative estimate of drug-likeness (QED) is 0.905. The van der Waals surface area contributed by atoms with Crippen molar-refractivity contribution in [2.75, 3.05) is 38.2 Å². The van der Waals surface area contributed by atoms with Gasteiger partial charge >= 0.3 is 0 Å². The van der Waals surface area contributed by atoms with Gasteiger partial charge in [0.25, 0.3) is 5.91 Å². The Morgan fingerprint density at radius 2 is 1.92 bits per heavy atom. The molecule has 6 heteroatoms. The normalized spacial score (nSPS) is 14.5. The Balaban J connectivity index is 1.50. The summed E-state index contributed by atoms with van der Waals surface area (Å²) in [4.78, 5) is 18.4. The van der Waals surface area contributed by atoms with Gasteiger partial charge in [-0.05, 0) is 36.2 Å². The molecule has 0 atom stereocenters. The lowest BCUT2D eigenvalue weighted by atomic mass is 10.1. The molecule has 1 aliphatic rings. The van der Waals surface area contributed by atoms with Crippen LogP contribution in [-0.2, 0) is 11.2 Å². The van der Waals surface area contributed by atoms with Gasteiger partial charge in [-0.3, -0.25) is 4.79 Å². The summed E-state index contributed by atoms with van der Waals surface area (Å²) in [5.41, 5.74) is 2.60. The van der Waals surface area contributed by atoms with E-state index in [1.807, 2.05) is 30.3 Å². The molecule has 3 rings (SSSR count). The van der Waals surface area contributed by atoms with Crippen LogP contribution in [-0.4, -0.2) is 48.6 Å². The third kappa shape index (κ3) is 4.46. The van der Waals surface area contributed by atoms with E-state index in [0.717, 1.165) is 23.7 Å². The van der Waals surface area contributed by atoms with E-state index in [1.54, 1.807) is 17.2 Å². The summed E-state index contributed by atoms with van der Waals surface area (Å²) in [6.07, 6.45) is 2.60. The summed E-state index contributed by atoms with van der Waals surface area (Å²) in [5, 5.41) is 4.06. The summed E-state index contributed by atoms with van der Waals surface area (Å²) in [7, 11) is 0. The van der Waals surface area contributed by atoms with E-state index in [9.17, 15) is 4.79 Å². The van der Waals surface area contributed by atoms with E-state index in [2.05, 4.69) is 10.3 Å². The van der Waals surface area contributed by atoms with Crippen LogP contribution in [0.25, 0.3) is 0 Å². The number of nitrogens with zero attached hydrogens (tertiary/aromatic N) is 2. The lowest BCUT2D eigenvalue weighted by Crippen LogP contribution is -2.41. The van der Waals surface area contributed by atoms with Gasteiger partial charge in [0.1, 0.15) is 5.69 Å². The number of hydrogen-bond donors (Lipinski definition) is 1. The highest BCUT2D eigenvalue weighted by molar-refractivity contribution is 6.30.